The van der Waals surface area contributed by atoms with Crippen molar-refractivity contribution < 1.29 is 9.90 Å². The number of halogens is 1. The van der Waals surface area contributed by atoms with Crippen LogP contribution in [-0.2, 0) is 6.42 Å². The summed E-state index contributed by atoms with van der Waals surface area (Å²) in [5, 5.41) is 13.7. The molecule has 0 amide bonds. The van der Waals surface area contributed by atoms with Crippen LogP contribution in [0, 0.1) is 6.92 Å². The van der Waals surface area contributed by atoms with Gasteiger partial charge in [0.15, 0.2) is 5.69 Å². The number of hydrogen-bond donors (Lipinski definition) is 1. The smallest absolute Gasteiger partial charge is 0.356 e. The lowest BCUT2D eigenvalue weighted by atomic mass is 10.2. The Labute approximate surface area is 110 Å². The predicted octanol–water partition coefficient (Wildman–Crippen LogP) is 3.09. The van der Waals surface area contributed by atoms with Crippen LogP contribution in [0.5, 0.6) is 0 Å². The number of nitrogens with zero attached hydrogens (tertiary/aromatic N) is 2. The molecule has 0 fully saturated rings. The topological polar surface area (TPSA) is 55.1 Å². The minimum atomic E-state index is -1.03. The Morgan fingerprint density at radius 3 is 2.72 bits per heavy atom. The van der Waals surface area contributed by atoms with E-state index < -0.39 is 5.97 Å². The zero-order chi connectivity index (χ0) is 13.3. The quantitative estimate of drug-likeness (QED) is 0.927. The normalized spacial score (nSPS) is 10.6. The SMILES string of the molecule is CCc1cc(C(=O)O)nn1-c1ccc(C)c(Cl)c1. The van der Waals surface area contributed by atoms with Crippen molar-refractivity contribution in [2.24, 2.45) is 0 Å². The van der Waals surface area contributed by atoms with Gasteiger partial charge in [-0.3, -0.25) is 0 Å². The lowest BCUT2D eigenvalue weighted by Gasteiger charge is -2.07. The van der Waals surface area contributed by atoms with Crippen LogP contribution in [0.3, 0.4) is 0 Å². The number of benzene rings is 1. The first-order chi connectivity index (χ1) is 8.52. The molecule has 4 nitrogen and oxygen atoms in total. The molecule has 5 heteroatoms. The van der Waals surface area contributed by atoms with E-state index in [1.54, 1.807) is 16.8 Å². The number of hydrogen-bond acceptors (Lipinski definition) is 2. The summed E-state index contributed by atoms with van der Waals surface area (Å²) < 4.78 is 1.62. The highest BCUT2D eigenvalue weighted by Gasteiger charge is 2.13. The summed E-state index contributed by atoms with van der Waals surface area (Å²) in [6.07, 6.45) is 0.700. The summed E-state index contributed by atoms with van der Waals surface area (Å²) in [7, 11) is 0. The van der Waals surface area contributed by atoms with E-state index in [2.05, 4.69) is 5.10 Å². The van der Waals surface area contributed by atoms with E-state index in [9.17, 15) is 4.79 Å². The fourth-order valence-electron chi connectivity index (χ4n) is 1.71. The van der Waals surface area contributed by atoms with Crippen molar-refractivity contribution in [1.82, 2.24) is 9.78 Å². The van der Waals surface area contributed by atoms with Gasteiger partial charge in [-0.15, -0.1) is 0 Å². The molecule has 1 aromatic heterocycles. The second-order valence-electron chi connectivity index (χ2n) is 4.02. The minimum absolute atomic E-state index is 0.0450. The highest BCUT2D eigenvalue weighted by molar-refractivity contribution is 6.31. The number of carboxylic acids is 1. The van der Waals surface area contributed by atoms with Crippen LogP contribution in [0.25, 0.3) is 5.69 Å². The van der Waals surface area contributed by atoms with Crippen LogP contribution in [-0.4, -0.2) is 20.9 Å². The largest absolute Gasteiger partial charge is 0.476 e. The maximum Gasteiger partial charge on any atom is 0.356 e. The van der Waals surface area contributed by atoms with Gasteiger partial charge in [-0.2, -0.15) is 5.10 Å². The number of carboxylic acid groups (broad SMARTS) is 1. The van der Waals surface area contributed by atoms with Gasteiger partial charge >= 0.3 is 5.97 Å². The highest BCUT2D eigenvalue weighted by Crippen LogP contribution is 2.21. The van der Waals surface area contributed by atoms with Crippen LogP contribution in [0.4, 0.5) is 0 Å². The Kier molecular flexibility index (Phi) is 3.39. The van der Waals surface area contributed by atoms with Gasteiger partial charge < -0.3 is 5.11 Å². The van der Waals surface area contributed by atoms with Crippen LogP contribution in [0.1, 0.15) is 28.7 Å². The molecule has 1 heterocycles. The van der Waals surface area contributed by atoms with Gasteiger partial charge in [-0.05, 0) is 37.1 Å². The van der Waals surface area contributed by atoms with E-state index in [1.165, 1.54) is 0 Å². The number of rotatable bonds is 3. The molecule has 0 saturated heterocycles. The van der Waals surface area contributed by atoms with E-state index >= 15 is 0 Å². The summed E-state index contributed by atoms with van der Waals surface area (Å²) in [6.45, 7) is 3.87. The molecule has 0 aliphatic rings. The van der Waals surface area contributed by atoms with E-state index in [0.29, 0.717) is 11.4 Å². The van der Waals surface area contributed by atoms with E-state index in [1.807, 2.05) is 26.0 Å². The molecule has 1 N–H and O–H groups in total. The van der Waals surface area contributed by atoms with Crippen molar-refractivity contribution in [2.45, 2.75) is 20.3 Å². The summed E-state index contributed by atoms with van der Waals surface area (Å²) in [6, 6.07) is 7.13. The van der Waals surface area contributed by atoms with Crippen LogP contribution < -0.4 is 0 Å². The fraction of sp³-hybridized carbons (Fsp3) is 0.231. The molecule has 0 saturated carbocycles. The summed E-state index contributed by atoms with van der Waals surface area (Å²) in [5.74, 6) is -1.03. The molecule has 1 aromatic carbocycles. The maximum atomic E-state index is 10.9. The van der Waals surface area contributed by atoms with Crippen LogP contribution in [0.15, 0.2) is 24.3 Å². The number of aromatic carboxylic acids is 1. The molecular formula is C13H13ClN2O2. The molecule has 0 aliphatic heterocycles. The zero-order valence-corrected chi connectivity index (χ0v) is 10.9. The van der Waals surface area contributed by atoms with Gasteiger partial charge in [-0.1, -0.05) is 24.6 Å². The van der Waals surface area contributed by atoms with Crippen molar-refractivity contribution in [3.05, 3.63) is 46.2 Å². The molecule has 18 heavy (non-hydrogen) atoms. The molecule has 2 aromatic rings. The van der Waals surface area contributed by atoms with Crippen molar-refractivity contribution in [3.8, 4) is 5.69 Å². The van der Waals surface area contributed by atoms with Crippen molar-refractivity contribution in [3.63, 3.8) is 0 Å². The Balaban J connectivity index is 2.55. The van der Waals surface area contributed by atoms with Crippen molar-refractivity contribution in [2.75, 3.05) is 0 Å². The molecule has 0 bridgehead atoms. The molecular weight excluding hydrogens is 252 g/mol. The van der Waals surface area contributed by atoms with Crippen LogP contribution in [0.2, 0.25) is 5.02 Å². The number of carbonyl (C=O) groups is 1. The Morgan fingerprint density at radius 1 is 1.44 bits per heavy atom. The third-order valence-corrected chi connectivity index (χ3v) is 3.17. The predicted molar refractivity (Wildman–Crippen MR) is 69.6 cm³/mol. The molecule has 0 atom stereocenters. The first-order valence-electron chi connectivity index (χ1n) is 5.61. The van der Waals surface area contributed by atoms with Gasteiger partial charge in [0.2, 0.25) is 0 Å². The standard InChI is InChI=1S/C13H13ClN2O2/c1-3-9-7-12(13(17)18)15-16(9)10-5-4-8(2)11(14)6-10/h4-7H,3H2,1-2H3,(H,17,18). The Bertz CT molecular complexity index is 605. The Morgan fingerprint density at radius 2 is 2.17 bits per heavy atom. The van der Waals surface area contributed by atoms with E-state index in [-0.39, 0.29) is 5.69 Å². The number of aromatic nitrogens is 2. The molecule has 94 valence electrons. The average Bonchev–Trinajstić information content (AvgIpc) is 2.77. The Hall–Kier alpha value is -1.81. The van der Waals surface area contributed by atoms with Gasteiger partial charge in [0, 0.05) is 10.7 Å². The molecule has 0 unspecified atom stereocenters. The van der Waals surface area contributed by atoms with Crippen LogP contribution >= 0.6 is 11.6 Å². The van der Waals surface area contributed by atoms with Gasteiger partial charge in [-0.25, -0.2) is 9.48 Å². The fourth-order valence-corrected chi connectivity index (χ4v) is 1.89. The van der Waals surface area contributed by atoms with Gasteiger partial charge in [0.05, 0.1) is 5.69 Å². The highest BCUT2D eigenvalue weighted by atomic mass is 35.5. The van der Waals surface area contributed by atoms with Gasteiger partial charge in [0.25, 0.3) is 0 Å². The third-order valence-electron chi connectivity index (χ3n) is 2.76. The molecule has 0 aliphatic carbocycles. The second kappa shape index (κ2) is 4.82. The van der Waals surface area contributed by atoms with Crippen molar-refractivity contribution in [1.29, 1.82) is 0 Å². The van der Waals surface area contributed by atoms with E-state index in [4.69, 9.17) is 16.7 Å². The summed E-state index contributed by atoms with van der Waals surface area (Å²) in [5.41, 5.74) is 2.63. The first kappa shape index (κ1) is 12.6. The maximum absolute atomic E-state index is 10.9. The van der Waals surface area contributed by atoms with E-state index in [0.717, 1.165) is 16.9 Å². The third kappa shape index (κ3) is 2.24. The average molecular weight is 265 g/mol. The second-order valence-corrected chi connectivity index (χ2v) is 4.43. The van der Waals surface area contributed by atoms with Crippen molar-refractivity contribution >= 4 is 17.6 Å². The molecule has 2 rings (SSSR count). The van der Waals surface area contributed by atoms with Gasteiger partial charge in [0.1, 0.15) is 0 Å². The zero-order valence-electron chi connectivity index (χ0n) is 10.1. The minimum Gasteiger partial charge on any atom is -0.476 e. The monoisotopic (exact) mass is 264 g/mol. The summed E-state index contributed by atoms with van der Waals surface area (Å²) >= 11 is 6.07. The first-order valence-corrected chi connectivity index (χ1v) is 5.99. The lowest BCUT2D eigenvalue weighted by Crippen LogP contribution is -2.03. The molecule has 0 radical (unpaired) electrons. The number of aryl methyl sites for hydroxylation is 2. The molecule has 0 spiro atoms. The summed E-state index contributed by atoms with van der Waals surface area (Å²) in [4.78, 5) is 10.9. The lowest BCUT2D eigenvalue weighted by molar-refractivity contribution is 0.0690.